The van der Waals surface area contributed by atoms with Gasteiger partial charge in [0.2, 0.25) is 0 Å². The molecule has 0 aliphatic heterocycles. The van der Waals surface area contributed by atoms with Crippen molar-refractivity contribution in [2.45, 2.75) is 24.8 Å². The predicted molar refractivity (Wildman–Crippen MR) is 84.9 cm³/mol. The highest BCUT2D eigenvalue weighted by atomic mass is 15.2. The van der Waals surface area contributed by atoms with Gasteiger partial charge >= 0.3 is 0 Å². The summed E-state index contributed by atoms with van der Waals surface area (Å²) in [4.78, 5) is 6.82. The molecule has 3 rings (SSSR count). The smallest absolute Gasteiger partial charge is 0.0953 e. The number of rotatable bonds is 4. The van der Waals surface area contributed by atoms with Crippen molar-refractivity contribution in [3.63, 3.8) is 0 Å². The lowest BCUT2D eigenvalue weighted by atomic mass is 9.75. The van der Waals surface area contributed by atoms with Crippen LogP contribution in [0.3, 0.4) is 0 Å². The van der Waals surface area contributed by atoms with Crippen molar-refractivity contribution < 1.29 is 0 Å². The molecule has 0 spiro atoms. The van der Waals surface area contributed by atoms with Crippen molar-refractivity contribution in [2.24, 2.45) is 0 Å². The summed E-state index contributed by atoms with van der Waals surface area (Å²) in [5.41, 5.74) is 9.12. The predicted octanol–water partition coefficient (Wildman–Crippen LogP) is 2.71. The number of fused-ring (bicyclic) bond motifs is 1. The first-order valence-corrected chi connectivity index (χ1v) is 7.17. The molecule has 2 aromatic rings. The van der Waals surface area contributed by atoms with E-state index in [0.717, 1.165) is 28.8 Å². The van der Waals surface area contributed by atoms with Gasteiger partial charge in [0.25, 0.3) is 0 Å². The number of nitrogens with one attached hydrogen (secondary N) is 1. The number of nitrogen functional groups attached to an aromatic ring is 1. The first-order chi connectivity index (χ1) is 9.62. The summed E-state index contributed by atoms with van der Waals surface area (Å²) in [6.45, 7) is 0.954. The van der Waals surface area contributed by atoms with E-state index in [0.29, 0.717) is 5.54 Å². The second kappa shape index (κ2) is 4.94. The molecule has 20 heavy (non-hydrogen) atoms. The molecule has 3 N–H and O–H groups in total. The Labute approximate surface area is 120 Å². The summed E-state index contributed by atoms with van der Waals surface area (Å²) in [5, 5.41) is 4.60. The number of likely N-dealkylation sites (N-methyl/N-ethyl adjacent to an activating group) is 1. The molecule has 4 heteroatoms. The van der Waals surface area contributed by atoms with Gasteiger partial charge in [-0.1, -0.05) is 0 Å². The third kappa shape index (κ3) is 2.10. The fraction of sp³-hybridized carbons (Fsp3) is 0.438. The Hall–Kier alpha value is -1.81. The van der Waals surface area contributed by atoms with Crippen molar-refractivity contribution in [1.29, 1.82) is 0 Å². The van der Waals surface area contributed by atoms with E-state index in [-0.39, 0.29) is 0 Å². The summed E-state index contributed by atoms with van der Waals surface area (Å²) >= 11 is 0. The van der Waals surface area contributed by atoms with Crippen LogP contribution in [0.15, 0.2) is 30.5 Å². The van der Waals surface area contributed by atoms with Crippen molar-refractivity contribution in [2.75, 3.05) is 31.7 Å². The van der Waals surface area contributed by atoms with Crippen molar-refractivity contribution in [3.8, 4) is 0 Å². The normalized spacial score (nSPS) is 17.1. The first-order valence-electron chi connectivity index (χ1n) is 7.17. The van der Waals surface area contributed by atoms with E-state index >= 15 is 0 Å². The zero-order chi connectivity index (χ0) is 14.2. The maximum Gasteiger partial charge on any atom is 0.0953 e. The van der Waals surface area contributed by atoms with Gasteiger partial charge in [-0.15, -0.1) is 0 Å². The number of nitrogens with two attached hydrogens (primary N) is 1. The molecule has 1 aromatic carbocycles. The molecule has 1 saturated carbocycles. The van der Waals surface area contributed by atoms with E-state index in [1.54, 1.807) is 0 Å². The number of pyridine rings is 1. The topological polar surface area (TPSA) is 54.2 Å². The average Bonchev–Trinajstić information content (AvgIpc) is 2.40. The number of aromatic nitrogens is 1. The third-order valence-corrected chi connectivity index (χ3v) is 4.64. The monoisotopic (exact) mass is 270 g/mol. The number of benzene rings is 1. The molecule has 1 aliphatic rings. The number of anilines is 2. The van der Waals surface area contributed by atoms with Gasteiger partial charge in [0, 0.05) is 29.4 Å². The molecule has 1 heterocycles. The molecule has 1 aliphatic carbocycles. The largest absolute Gasteiger partial charge is 0.398 e. The molecule has 0 unspecified atom stereocenters. The Balaban J connectivity index is 1.87. The average molecular weight is 270 g/mol. The van der Waals surface area contributed by atoms with E-state index in [9.17, 15) is 0 Å². The van der Waals surface area contributed by atoms with Gasteiger partial charge in [-0.3, -0.25) is 4.98 Å². The Morgan fingerprint density at radius 1 is 1.30 bits per heavy atom. The van der Waals surface area contributed by atoms with Crippen LogP contribution in [0.2, 0.25) is 0 Å². The minimum Gasteiger partial charge on any atom is -0.398 e. The zero-order valence-corrected chi connectivity index (χ0v) is 12.2. The fourth-order valence-corrected chi connectivity index (χ4v) is 2.96. The highest BCUT2D eigenvalue weighted by Gasteiger charge is 2.38. The lowest BCUT2D eigenvalue weighted by Crippen LogP contribution is -2.54. The van der Waals surface area contributed by atoms with Crippen molar-refractivity contribution in [1.82, 2.24) is 9.88 Å². The van der Waals surface area contributed by atoms with Crippen LogP contribution in [-0.4, -0.2) is 36.1 Å². The van der Waals surface area contributed by atoms with Crippen LogP contribution in [0.1, 0.15) is 19.3 Å². The zero-order valence-electron chi connectivity index (χ0n) is 12.2. The van der Waals surface area contributed by atoms with Gasteiger partial charge in [0.15, 0.2) is 0 Å². The summed E-state index contributed by atoms with van der Waals surface area (Å²) in [6.07, 6.45) is 5.65. The van der Waals surface area contributed by atoms with Gasteiger partial charge in [-0.25, -0.2) is 0 Å². The molecule has 0 atom stereocenters. The van der Waals surface area contributed by atoms with Crippen molar-refractivity contribution in [3.05, 3.63) is 30.5 Å². The minimum absolute atomic E-state index is 0.294. The van der Waals surface area contributed by atoms with E-state index in [2.05, 4.69) is 29.3 Å². The first kappa shape index (κ1) is 13.2. The molecule has 4 nitrogen and oxygen atoms in total. The van der Waals surface area contributed by atoms with Crippen LogP contribution in [0.25, 0.3) is 10.9 Å². The molecule has 0 bridgehead atoms. The lowest BCUT2D eigenvalue weighted by Gasteiger charge is -2.47. The van der Waals surface area contributed by atoms with Gasteiger partial charge < -0.3 is 16.0 Å². The third-order valence-electron chi connectivity index (χ3n) is 4.64. The Morgan fingerprint density at radius 2 is 2.10 bits per heavy atom. The van der Waals surface area contributed by atoms with Gasteiger partial charge in [0.05, 0.1) is 11.2 Å². The second-order valence-corrected chi connectivity index (χ2v) is 5.93. The summed E-state index contributed by atoms with van der Waals surface area (Å²) in [6, 6.07) is 7.94. The van der Waals surface area contributed by atoms with E-state index in [1.165, 1.54) is 19.3 Å². The highest BCUT2D eigenvalue weighted by molar-refractivity contribution is 5.98. The van der Waals surface area contributed by atoms with Crippen LogP contribution >= 0.6 is 0 Å². The van der Waals surface area contributed by atoms with Crippen LogP contribution in [0.5, 0.6) is 0 Å². The van der Waals surface area contributed by atoms with Gasteiger partial charge in [-0.05, 0) is 57.6 Å². The fourth-order valence-electron chi connectivity index (χ4n) is 2.96. The number of hydrogen-bond donors (Lipinski definition) is 2. The van der Waals surface area contributed by atoms with Crippen LogP contribution in [0.4, 0.5) is 11.4 Å². The van der Waals surface area contributed by atoms with Crippen molar-refractivity contribution >= 4 is 22.3 Å². The molecule has 0 saturated heterocycles. The van der Waals surface area contributed by atoms with E-state index in [1.807, 2.05) is 30.5 Å². The summed E-state index contributed by atoms with van der Waals surface area (Å²) in [5.74, 6) is 0. The Morgan fingerprint density at radius 3 is 2.75 bits per heavy atom. The minimum atomic E-state index is 0.294. The molecule has 1 aromatic heterocycles. The molecule has 0 amide bonds. The maximum absolute atomic E-state index is 6.02. The summed E-state index contributed by atoms with van der Waals surface area (Å²) < 4.78 is 0. The maximum atomic E-state index is 6.02. The molecule has 106 valence electrons. The van der Waals surface area contributed by atoms with E-state index in [4.69, 9.17) is 5.73 Å². The SMILES string of the molecule is CN(C)C1(CNc2ccc(N)c3cccnc23)CCC1. The lowest BCUT2D eigenvalue weighted by molar-refractivity contribution is 0.0739. The Kier molecular flexibility index (Phi) is 3.26. The number of hydrogen-bond acceptors (Lipinski definition) is 4. The van der Waals surface area contributed by atoms with Gasteiger partial charge in [0.1, 0.15) is 0 Å². The second-order valence-electron chi connectivity index (χ2n) is 5.93. The quantitative estimate of drug-likeness (QED) is 0.839. The molecule has 1 fully saturated rings. The van der Waals surface area contributed by atoms with Crippen LogP contribution in [-0.2, 0) is 0 Å². The number of nitrogens with zero attached hydrogens (tertiary/aromatic N) is 2. The molecular weight excluding hydrogens is 248 g/mol. The van der Waals surface area contributed by atoms with Crippen LogP contribution < -0.4 is 11.1 Å². The Bertz CT molecular complexity index is 617. The molecular formula is C16H22N4. The highest BCUT2D eigenvalue weighted by Crippen LogP contribution is 2.37. The van der Waals surface area contributed by atoms with E-state index < -0.39 is 0 Å². The summed E-state index contributed by atoms with van der Waals surface area (Å²) in [7, 11) is 4.33. The van der Waals surface area contributed by atoms with Gasteiger partial charge in [-0.2, -0.15) is 0 Å². The molecule has 0 radical (unpaired) electrons. The standard InChI is InChI=1S/C16H22N4/c1-20(2)16(8-4-9-16)11-19-14-7-6-13(17)12-5-3-10-18-15(12)14/h3,5-7,10,19H,4,8-9,11,17H2,1-2H3. The van der Waals surface area contributed by atoms with Crippen LogP contribution in [0, 0.1) is 0 Å².